The number of hydrogen-bond acceptors (Lipinski definition) is 5. The van der Waals surface area contributed by atoms with Gasteiger partial charge >= 0.3 is 0 Å². The van der Waals surface area contributed by atoms with Gasteiger partial charge in [0.25, 0.3) is 10.0 Å². The molecule has 0 spiro atoms. The minimum absolute atomic E-state index is 0.0518. The van der Waals surface area contributed by atoms with E-state index >= 15 is 0 Å². The molecule has 1 saturated carbocycles. The van der Waals surface area contributed by atoms with Gasteiger partial charge in [-0.2, -0.15) is 0 Å². The van der Waals surface area contributed by atoms with Gasteiger partial charge in [-0.15, -0.1) is 0 Å². The molecule has 0 aromatic heterocycles. The predicted molar refractivity (Wildman–Crippen MR) is 160 cm³/mol. The zero-order valence-electron chi connectivity index (χ0n) is 23.3. The summed E-state index contributed by atoms with van der Waals surface area (Å²) in [7, 11) is -2.60. The van der Waals surface area contributed by atoms with Crippen molar-refractivity contribution in [3.63, 3.8) is 0 Å². The van der Waals surface area contributed by atoms with E-state index in [4.69, 9.17) is 16.3 Å². The zero-order chi connectivity index (χ0) is 29.4. The second-order valence-corrected chi connectivity index (χ2v) is 12.5. The minimum Gasteiger partial charge on any atom is -0.497 e. The summed E-state index contributed by atoms with van der Waals surface area (Å²) < 4.78 is 34.0. The van der Waals surface area contributed by atoms with Crippen LogP contribution in [0.4, 0.5) is 5.69 Å². The van der Waals surface area contributed by atoms with Crippen LogP contribution in [-0.2, 0) is 26.2 Å². The van der Waals surface area contributed by atoms with E-state index in [1.807, 2.05) is 0 Å². The molecule has 0 saturated heterocycles. The lowest BCUT2D eigenvalue weighted by molar-refractivity contribution is -0.139. The van der Waals surface area contributed by atoms with Crippen molar-refractivity contribution in [2.45, 2.75) is 62.6 Å². The van der Waals surface area contributed by atoms with Crippen molar-refractivity contribution in [3.05, 3.63) is 89.4 Å². The standard InChI is InChI=1S/C31H36ClN3O5S/c1-23(31(37)33-26-9-5-3-6-10-26)34(21-24-13-15-25(32)16-14-24)30(36)22-35(27-17-19-28(40-2)20-18-27)41(38,39)29-11-7-4-8-12-29/h4,7-8,11-20,23,26H,3,5-6,9-10,21-22H2,1-2H3,(H,33,37)/t23-/m0/s1. The number of methoxy groups -OCH3 is 1. The Balaban J connectivity index is 1.66. The number of nitrogens with one attached hydrogen (secondary N) is 1. The summed E-state index contributed by atoms with van der Waals surface area (Å²) in [5.74, 6) is -0.225. The Bertz CT molecular complexity index is 1410. The van der Waals surface area contributed by atoms with Gasteiger partial charge < -0.3 is 15.0 Å². The molecule has 0 radical (unpaired) electrons. The van der Waals surface area contributed by atoms with E-state index in [1.165, 1.54) is 24.1 Å². The fourth-order valence-electron chi connectivity index (χ4n) is 4.93. The number of nitrogens with zero attached hydrogens (tertiary/aromatic N) is 2. The SMILES string of the molecule is COc1ccc(N(CC(=O)N(Cc2ccc(Cl)cc2)[C@@H](C)C(=O)NC2CCCCC2)S(=O)(=O)c2ccccc2)cc1. The summed E-state index contributed by atoms with van der Waals surface area (Å²) in [5.41, 5.74) is 1.07. The third-order valence-corrected chi connectivity index (χ3v) is 9.40. The van der Waals surface area contributed by atoms with E-state index in [0.717, 1.165) is 42.0 Å². The van der Waals surface area contributed by atoms with Crippen molar-refractivity contribution >= 4 is 39.1 Å². The fraction of sp³-hybridized carbons (Fsp3) is 0.355. The summed E-state index contributed by atoms with van der Waals surface area (Å²) >= 11 is 6.07. The molecule has 218 valence electrons. The molecule has 10 heteroatoms. The molecule has 3 aromatic rings. The molecule has 0 bridgehead atoms. The van der Waals surface area contributed by atoms with E-state index < -0.39 is 28.5 Å². The number of ether oxygens (including phenoxy) is 1. The van der Waals surface area contributed by atoms with Crippen LogP contribution in [0.1, 0.15) is 44.6 Å². The predicted octanol–water partition coefficient (Wildman–Crippen LogP) is 5.41. The third kappa shape index (κ3) is 7.80. The second-order valence-electron chi connectivity index (χ2n) is 10.2. The van der Waals surface area contributed by atoms with Crippen molar-refractivity contribution in [1.29, 1.82) is 0 Å². The molecule has 0 aliphatic heterocycles. The van der Waals surface area contributed by atoms with Crippen LogP contribution in [0.2, 0.25) is 5.02 Å². The van der Waals surface area contributed by atoms with E-state index in [-0.39, 0.29) is 23.4 Å². The van der Waals surface area contributed by atoms with Crippen molar-refractivity contribution in [2.24, 2.45) is 0 Å². The summed E-state index contributed by atoms with van der Waals surface area (Å²) in [4.78, 5) is 28.9. The van der Waals surface area contributed by atoms with Gasteiger partial charge in [-0.25, -0.2) is 8.42 Å². The van der Waals surface area contributed by atoms with Crippen LogP contribution in [0.3, 0.4) is 0 Å². The van der Waals surface area contributed by atoms with Crippen molar-refractivity contribution in [2.75, 3.05) is 18.0 Å². The maximum Gasteiger partial charge on any atom is 0.264 e. The lowest BCUT2D eigenvalue weighted by Crippen LogP contribution is -2.53. The summed E-state index contributed by atoms with van der Waals surface area (Å²) in [6.45, 7) is 1.28. The quantitative estimate of drug-likeness (QED) is 0.319. The number of rotatable bonds is 11. The highest BCUT2D eigenvalue weighted by Crippen LogP contribution is 2.27. The van der Waals surface area contributed by atoms with Gasteiger partial charge in [0.15, 0.2) is 0 Å². The average Bonchev–Trinajstić information content (AvgIpc) is 3.00. The van der Waals surface area contributed by atoms with Crippen molar-refractivity contribution in [3.8, 4) is 5.75 Å². The second kappa shape index (κ2) is 13.9. The van der Waals surface area contributed by atoms with E-state index in [9.17, 15) is 18.0 Å². The van der Waals surface area contributed by atoms with Gasteiger partial charge in [0.05, 0.1) is 17.7 Å². The van der Waals surface area contributed by atoms with Crippen LogP contribution >= 0.6 is 11.6 Å². The molecule has 41 heavy (non-hydrogen) atoms. The molecule has 1 aliphatic carbocycles. The maximum atomic E-state index is 14.0. The van der Waals surface area contributed by atoms with Crippen LogP contribution < -0.4 is 14.4 Å². The number of carbonyl (C=O) groups is 2. The average molecular weight is 598 g/mol. The first-order valence-electron chi connectivity index (χ1n) is 13.7. The molecule has 1 fully saturated rings. The van der Waals surface area contributed by atoms with Crippen LogP contribution in [0, 0.1) is 0 Å². The number of anilines is 1. The lowest BCUT2D eigenvalue weighted by Gasteiger charge is -2.33. The van der Waals surface area contributed by atoms with Gasteiger partial charge in [-0.3, -0.25) is 13.9 Å². The van der Waals surface area contributed by atoms with Gasteiger partial charge in [0.1, 0.15) is 18.3 Å². The minimum atomic E-state index is -4.12. The van der Waals surface area contributed by atoms with Crippen molar-refractivity contribution in [1.82, 2.24) is 10.2 Å². The highest BCUT2D eigenvalue weighted by molar-refractivity contribution is 7.92. The lowest BCUT2D eigenvalue weighted by atomic mass is 9.95. The Labute approximate surface area is 247 Å². The molecule has 1 atom stereocenters. The summed E-state index contributed by atoms with van der Waals surface area (Å²) in [5, 5.41) is 3.65. The molecule has 1 N–H and O–H groups in total. The highest BCUT2D eigenvalue weighted by Gasteiger charge is 2.33. The molecular weight excluding hydrogens is 562 g/mol. The molecule has 8 nitrogen and oxygen atoms in total. The van der Waals surface area contributed by atoms with Gasteiger partial charge in [-0.1, -0.05) is 61.2 Å². The van der Waals surface area contributed by atoms with E-state index in [1.54, 1.807) is 73.7 Å². The van der Waals surface area contributed by atoms with Crippen LogP contribution in [0.5, 0.6) is 5.75 Å². The van der Waals surface area contributed by atoms with Crippen LogP contribution in [0.25, 0.3) is 0 Å². The molecule has 1 aliphatic rings. The molecule has 0 unspecified atom stereocenters. The fourth-order valence-corrected chi connectivity index (χ4v) is 6.50. The first kappa shape index (κ1) is 30.4. The zero-order valence-corrected chi connectivity index (χ0v) is 24.9. The Hall–Kier alpha value is -3.56. The third-order valence-electron chi connectivity index (χ3n) is 7.36. The van der Waals surface area contributed by atoms with E-state index in [2.05, 4.69) is 5.32 Å². The first-order chi connectivity index (χ1) is 19.7. The largest absolute Gasteiger partial charge is 0.497 e. The van der Waals surface area contributed by atoms with Gasteiger partial charge in [0, 0.05) is 17.6 Å². The van der Waals surface area contributed by atoms with Crippen molar-refractivity contribution < 1.29 is 22.7 Å². The molecule has 0 heterocycles. The Kier molecular flexibility index (Phi) is 10.3. The first-order valence-corrected chi connectivity index (χ1v) is 15.6. The smallest absolute Gasteiger partial charge is 0.264 e. The number of hydrogen-bond donors (Lipinski definition) is 1. The highest BCUT2D eigenvalue weighted by atomic mass is 35.5. The number of amides is 2. The summed E-state index contributed by atoms with van der Waals surface area (Å²) in [6, 6.07) is 20.7. The Morgan fingerprint density at radius 1 is 0.951 bits per heavy atom. The van der Waals surface area contributed by atoms with Gasteiger partial charge in [0.2, 0.25) is 11.8 Å². The monoisotopic (exact) mass is 597 g/mol. The van der Waals surface area contributed by atoms with Gasteiger partial charge in [-0.05, 0) is 73.9 Å². The number of sulfonamides is 1. The van der Waals surface area contributed by atoms with Crippen LogP contribution in [0.15, 0.2) is 83.8 Å². The molecular formula is C31H36ClN3O5S. The molecule has 4 rings (SSSR count). The Morgan fingerprint density at radius 3 is 2.20 bits per heavy atom. The normalized spacial score (nSPS) is 14.6. The number of carbonyl (C=O) groups excluding carboxylic acids is 2. The topological polar surface area (TPSA) is 96.0 Å². The van der Waals surface area contributed by atoms with Crippen LogP contribution in [-0.4, -0.2) is 50.9 Å². The summed E-state index contributed by atoms with van der Waals surface area (Å²) in [6.07, 6.45) is 5.08. The number of benzene rings is 3. The van der Waals surface area contributed by atoms with E-state index in [0.29, 0.717) is 16.5 Å². The molecule has 3 aromatic carbocycles. The Morgan fingerprint density at radius 2 is 1.59 bits per heavy atom. The maximum absolute atomic E-state index is 14.0. The molecule has 2 amide bonds. The number of halogens is 1.